The van der Waals surface area contributed by atoms with Crippen LogP contribution in [-0.4, -0.2) is 50.7 Å². The summed E-state index contributed by atoms with van der Waals surface area (Å²) in [5.74, 6) is -0.540. The number of carbonyl (C=O) groups is 3. The number of furan rings is 1. The van der Waals surface area contributed by atoms with Crippen molar-refractivity contribution >= 4 is 17.8 Å². The van der Waals surface area contributed by atoms with Gasteiger partial charge in [-0.05, 0) is 31.2 Å². The number of hydrogen-bond donors (Lipinski definition) is 2. The third kappa shape index (κ3) is 6.35. The number of nitrogens with one attached hydrogen (secondary N) is 2. The van der Waals surface area contributed by atoms with Crippen LogP contribution in [0.1, 0.15) is 17.5 Å². The van der Waals surface area contributed by atoms with Crippen LogP contribution in [0.4, 0.5) is 0 Å². The number of hydrogen-bond acceptors (Lipinski definition) is 7. The molecule has 9 nitrogen and oxygen atoms in total. The van der Waals surface area contributed by atoms with Gasteiger partial charge in [-0.3, -0.25) is 9.59 Å². The van der Waals surface area contributed by atoms with E-state index in [1.807, 2.05) is 12.1 Å². The van der Waals surface area contributed by atoms with Crippen LogP contribution in [0.2, 0.25) is 0 Å². The molecule has 0 saturated carbocycles. The van der Waals surface area contributed by atoms with Crippen molar-refractivity contribution in [2.75, 3.05) is 26.9 Å². The molecular formula is C19H22N2O7. The van der Waals surface area contributed by atoms with Gasteiger partial charge >= 0.3 is 5.97 Å². The van der Waals surface area contributed by atoms with E-state index in [0.29, 0.717) is 11.5 Å². The van der Waals surface area contributed by atoms with E-state index in [0.717, 1.165) is 0 Å². The van der Waals surface area contributed by atoms with Crippen molar-refractivity contribution in [1.82, 2.24) is 10.6 Å². The molecule has 0 aliphatic heterocycles. The topological polar surface area (TPSA) is 116 Å². The zero-order valence-corrected chi connectivity index (χ0v) is 15.6. The van der Waals surface area contributed by atoms with Crippen LogP contribution < -0.4 is 20.1 Å². The molecule has 0 saturated heterocycles. The minimum Gasteiger partial charge on any atom is -0.493 e. The average Bonchev–Trinajstić information content (AvgIpc) is 3.24. The Hall–Kier alpha value is -3.49. The number of methoxy groups -OCH3 is 1. The van der Waals surface area contributed by atoms with Gasteiger partial charge in [0, 0.05) is 0 Å². The normalized spacial score (nSPS) is 11.2. The maximum atomic E-state index is 11.9. The predicted molar refractivity (Wildman–Crippen MR) is 98.1 cm³/mol. The molecule has 28 heavy (non-hydrogen) atoms. The van der Waals surface area contributed by atoms with Crippen molar-refractivity contribution in [2.24, 2.45) is 0 Å². The number of carbonyl (C=O) groups excluding carboxylic acids is 3. The minimum absolute atomic E-state index is 0.0763. The first-order chi connectivity index (χ1) is 13.5. The lowest BCUT2D eigenvalue weighted by molar-refractivity contribution is -0.150. The van der Waals surface area contributed by atoms with Crippen molar-refractivity contribution in [3.05, 3.63) is 48.4 Å². The third-order valence-electron chi connectivity index (χ3n) is 3.54. The number of amides is 2. The maximum absolute atomic E-state index is 11.9. The smallest absolute Gasteiger partial charge is 0.328 e. The first kappa shape index (κ1) is 20.8. The molecule has 1 atom stereocenters. The molecule has 9 heteroatoms. The van der Waals surface area contributed by atoms with Gasteiger partial charge in [-0.25, -0.2) is 4.79 Å². The summed E-state index contributed by atoms with van der Waals surface area (Å²) < 4.78 is 20.5. The second kappa shape index (κ2) is 10.6. The molecular weight excluding hydrogens is 368 g/mol. The molecule has 1 heterocycles. The molecule has 2 amide bonds. The van der Waals surface area contributed by atoms with Gasteiger partial charge in [-0.15, -0.1) is 0 Å². The molecule has 0 aliphatic carbocycles. The predicted octanol–water partition coefficient (Wildman–Crippen LogP) is 1.14. The van der Waals surface area contributed by atoms with Crippen LogP contribution in [0, 0.1) is 0 Å². The Labute approximate surface area is 161 Å². The van der Waals surface area contributed by atoms with Gasteiger partial charge in [0.2, 0.25) is 0 Å². The highest BCUT2D eigenvalue weighted by Gasteiger charge is 2.20. The molecule has 2 rings (SSSR count). The molecule has 150 valence electrons. The van der Waals surface area contributed by atoms with E-state index in [4.69, 9.17) is 18.6 Å². The van der Waals surface area contributed by atoms with E-state index in [1.54, 1.807) is 18.2 Å². The Morgan fingerprint density at radius 2 is 1.86 bits per heavy atom. The van der Waals surface area contributed by atoms with Gasteiger partial charge in [0.25, 0.3) is 11.8 Å². The highest BCUT2D eigenvalue weighted by Crippen LogP contribution is 2.25. The number of esters is 1. The lowest BCUT2D eigenvalue weighted by Crippen LogP contribution is -2.41. The second-order valence-corrected chi connectivity index (χ2v) is 5.63. The highest BCUT2D eigenvalue weighted by molar-refractivity contribution is 5.94. The lowest BCUT2D eigenvalue weighted by Gasteiger charge is -2.13. The van der Waals surface area contributed by atoms with E-state index in [1.165, 1.54) is 26.4 Å². The molecule has 0 bridgehead atoms. The second-order valence-electron chi connectivity index (χ2n) is 5.63. The molecule has 1 aromatic heterocycles. The summed E-state index contributed by atoms with van der Waals surface area (Å²) in [5, 5.41) is 4.98. The standard InChI is InChI=1S/C19H22N2O7/c1-13(21-18(23)16-8-5-10-26-16)19(24)28-12-17(22)20-9-11-27-15-7-4-3-6-14(15)25-2/h3-8,10,13H,9,11-12H2,1-2H3,(H,20,22)(H,21,23)/t13-/m0/s1. The van der Waals surface area contributed by atoms with Gasteiger partial charge in [0.1, 0.15) is 12.6 Å². The zero-order chi connectivity index (χ0) is 20.4. The molecule has 0 unspecified atom stereocenters. The zero-order valence-electron chi connectivity index (χ0n) is 15.6. The summed E-state index contributed by atoms with van der Waals surface area (Å²) in [4.78, 5) is 35.4. The summed E-state index contributed by atoms with van der Waals surface area (Å²) in [6.07, 6.45) is 1.35. The Bertz CT molecular complexity index is 789. The monoisotopic (exact) mass is 390 g/mol. The largest absolute Gasteiger partial charge is 0.493 e. The number of benzene rings is 1. The minimum atomic E-state index is -0.931. The SMILES string of the molecule is COc1ccccc1OCCNC(=O)COC(=O)[C@H](C)NC(=O)c1ccco1. The number of ether oxygens (including phenoxy) is 3. The van der Waals surface area contributed by atoms with Crippen LogP contribution in [-0.2, 0) is 14.3 Å². The summed E-state index contributed by atoms with van der Waals surface area (Å²) in [5.41, 5.74) is 0. The Kier molecular flexibility index (Phi) is 7.89. The van der Waals surface area contributed by atoms with Crippen LogP contribution in [0.5, 0.6) is 11.5 Å². The van der Waals surface area contributed by atoms with Gasteiger partial charge in [0.05, 0.1) is 19.9 Å². The molecule has 2 N–H and O–H groups in total. The van der Waals surface area contributed by atoms with E-state index >= 15 is 0 Å². The van der Waals surface area contributed by atoms with E-state index in [-0.39, 0.29) is 18.9 Å². The first-order valence-electron chi connectivity index (χ1n) is 8.54. The fraction of sp³-hybridized carbons (Fsp3) is 0.316. The van der Waals surface area contributed by atoms with E-state index in [9.17, 15) is 14.4 Å². The summed E-state index contributed by atoms with van der Waals surface area (Å²) >= 11 is 0. The maximum Gasteiger partial charge on any atom is 0.328 e. The quantitative estimate of drug-likeness (QED) is 0.462. The Morgan fingerprint density at radius 1 is 1.11 bits per heavy atom. The number of para-hydroxylation sites is 2. The van der Waals surface area contributed by atoms with Crippen LogP contribution >= 0.6 is 0 Å². The number of rotatable bonds is 10. The van der Waals surface area contributed by atoms with Gasteiger partial charge < -0.3 is 29.3 Å². The lowest BCUT2D eigenvalue weighted by atomic mass is 10.3. The fourth-order valence-corrected chi connectivity index (χ4v) is 2.14. The van der Waals surface area contributed by atoms with Crippen molar-refractivity contribution in [2.45, 2.75) is 13.0 Å². The van der Waals surface area contributed by atoms with Crippen molar-refractivity contribution in [1.29, 1.82) is 0 Å². The highest BCUT2D eigenvalue weighted by atomic mass is 16.5. The van der Waals surface area contributed by atoms with Gasteiger partial charge in [0.15, 0.2) is 23.9 Å². The third-order valence-corrected chi connectivity index (χ3v) is 3.54. The van der Waals surface area contributed by atoms with Crippen molar-refractivity contribution in [3.8, 4) is 11.5 Å². The van der Waals surface area contributed by atoms with Crippen LogP contribution in [0.25, 0.3) is 0 Å². The van der Waals surface area contributed by atoms with Crippen LogP contribution in [0.15, 0.2) is 47.1 Å². The summed E-state index contributed by atoms with van der Waals surface area (Å²) in [6, 6.07) is 9.23. The Morgan fingerprint density at radius 3 is 2.54 bits per heavy atom. The summed E-state index contributed by atoms with van der Waals surface area (Å²) in [7, 11) is 1.54. The van der Waals surface area contributed by atoms with Crippen LogP contribution in [0.3, 0.4) is 0 Å². The first-order valence-corrected chi connectivity index (χ1v) is 8.54. The van der Waals surface area contributed by atoms with E-state index in [2.05, 4.69) is 10.6 Å². The van der Waals surface area contributed by atoms with Gasteiger partial charge in [-0.1, -0.05) is 12.1 Å². The fourth-order valence-electron chi connectivity index (χ4n) is 2.14. The molecule has 0 radical (unpaired) electrons. The molecule has 0 fully saturated rings. The van der Waals surface area contributed by atoms with Crippen molar-refractivity contribution < 1.29 is 33.0 Å². The van der Waals surface area contributed by atoms with E-state index < -0.39 is 30.4 Å². The molecule has 1 aromatic carbocycles. The molecule has 0 spiro atoms. The molecule has 0 aliphatic rings. The summed E-state index contributed by atoms with van der Waals surface area (Å²) in [6.45, 7) is 1.42. The van der Waals surface area contributed by atoms with Gasteiger partial charge in [-0.2, -0.15) is 0 Å². The van der Waals surface area contributed by atoms with Crippen molar-refractivity contribution in [3.63, 3.8) is 0 Å². The molecule has 2 aromatic rings. The Balaban J connectivity index is 1.63. The average molecular weight is 390 g/mol.